The van der Waals surface area contributed by atoms with Gasteiger partial charge in [-0.2, -0.15) is 5.10 Å². The zero-order chi connectivity index (χ0) is 13.0. The average molecular weight is 247 g/mol. The molecular formula is C16H13N3. The van der Waals surface area contributed by atoms with Crippen LogP contribution in [0.1, 0.15) is 5.56 Å². The second-order valence-corrected chi connectivity index (χ2v) is 4.83. The number of aryl methyl sites for hydroxylation is 1. The Kier molecular flexibility index (Phi) is 1.90. The summed E-state index contributed by atoms with van der Waals surface area (Å²) in [7, 11) is 0. The van der Waals surface area contributed by atoms with Crippen LogP contribution in [-0.2, 0) is 0 Å². The van der Waals surface area contributed by atoms with Crippen LogP contribution in [0.3, 0.4) is 0 Å². The molecule has 2 heterocycles. The quantitative estimate of drug-likeness (QED) is 0.516. The average Bonchev–Trinajstić information content (AvgIpc) is 2.84. The molecule has 92 valence electrons. The van der Waals surface area contributed by atoms with Crippen molar-refractivity contribution in [2.75, 3.05) is 5.73 Å². The van der Waals surface area contributed by atoms with Crippen LogP contribution in [0.5, 0.6) is 0 Å². The number of hydrogen-bond acceptors (Lipinski definition) is 2. The van der Waals surface area contributed by atoms with E-state index >= 15 is 0 Å². The second-order valence-electron chi connectivity index (χ2n) is 4.83. The van der Waals surface area contributed by atoms with Gasteiger partial charge < -0.3 is 5.73 Å². The Morgan fingerprint density at radius 1 is 0.895 bits per heavy atom. The minimum Gasteiger partial charge on any atom is -0.383 e. The third-order valence-corrected chi connectivity index (χ3v) is 3.78. The Bertz CT molecular complexity index is 935. The Morgan fingerprint density at radius 3 is 2.32 bits per heavy atom. The maximum Gasteiger partial charge on any atom is 0.129 e. The molecule has 0 amide bonds. The van der Waals surface area contributed by atoms with E-state index in [1.807, 2.05) is 35.7 Å². The van der Waals surface area contributed by atoms with Crippen molar-refractivity contribution in [2.24, 2.45) is 0 Å². The van der Waals surface area contributed by atoms with Gasteiger partial charge in [0.2, 0.25) is 0 Å². The molecule has 0 aliphatic carbocycles. The molecule has 0 aliphatic heterocycles. The predicted octanol–water partition coefficient (Wildman–Crippen LogP) is 3.53. The van der Waals surface area contributed by atoms with E-state index in [0.29, 0.717) is 5.82 Å². The van der Waals surface area contributed by atoms with Crippen molar-refractivity contribution >= 4 is 33.0 Å². The molecule has 3 nitrogen and oxygen atoms in total. The van der Waals surface area contributed by atoms with Crippen LogP contribution in [0.4, 0.5) is 5.82 Å². The molecular weight excluding hydrogens is 234 g/mol. The van der Waals surface area contributed by atoms with E-state index in [0.717, 1.165) is 22.0 Å². The van der Waals surface area contributed by atoms with Crippen LogP contribution in [0.2, 0.25) is 0 Å². The molecule has 2 aromatic heterocycles. The van der Waals surface area contributed by atoms with Gasteiger partial charge in [0.25, 0.3) is 0 Å². The number of pyridine rings is 1. The molecule has 0 saturated carbocycles. The fraction of sp³-hybridized carbons (Fsp3) is 0.0625. The predicted molar refractivity (Wildman–Crippen MR) is 79.4 cm³/mol. The molecule has 2 aromatic carbocycles. The standard InChI is InChI=1S/C16H13N3/c1-10-11-6-2-3-7-12(11)15-13-8-4-5-9-14(13)18-19(15)16(10)17/h2-9H,17H2,1H3. The van der Waals surface area contributed by atoms with E-state index in [2.05, 4.69) is 29.4 Å². The highest BCUT2D eigenvalue weighted by atomic mass is 15.3. The Morgan fingerprint density at radius 2 is 1.53 bits per heavy atom. The summed E-state index contributed by atoms with van der Waals surface area (Å²) < 4.78 is 1.86. The van der Waals surface area contributed by atoms with Gasteiger partial charge in [0.15, 0.2) is 0 Å². The summed E-state index contributed by atoms with van der Waals surface area (Å²) in [5.41, 5.74) is 9.40. The van der Waals surface area contributed by atoms with Gasteiger partial charge in [0.1, 0.15) is 5.82 Å². The lowest BCUT2D eigenvalue weighted by Gasteiger charge is -2.09. The topological polar surface area (TPSA) is 43.3 Å². The smallest absolute Gasteiger partial charge is 0.129 e. The first kappa shape index (κ1) is 10.4. The van der Waals surface area contributed by atoms with Gasteiger partial charge in [-0.25, -0.2) is 4.52 Å². The highest BCUT2D eigenvalue weighted by molar-refractivity contribution is 6.11. The fourth-order valence-electron chi connectivity index (χ4n) is 2.78. The van der Waals surface area contributed by atoms with Gasteiger partial charge in [-0.05, 0) is 23.9 Å². The van der Waals surface area contributed by atoms with E-state index in [4.69, 9.17) is 5.73 Å². The van der Waals surface area contributed by atoms with E-state index < -0.39 is 0 Å². The number of hydrogen-bond donors (Lipinski definition) is 1. The van der Waals surface area contributed by atoms with E-state index in [1.54, 1.807) is 0 Å². The maximum atomic E-state index is 6.25. The molecule has 4 rings (SSSR count). The highest BCUT2D eigenvalue weighted by Crippen LogP contribution is 2.32. The van der Waals surface area contributed by atoms with Gasteiger partial charge in [-0.3, -0.25) is 0 Å². The number of nitrogens with zero attached hydrogens (tertiary/aromatic N) is 2. The Labute approximate surface area is 110 Å². The van der Waals surface area contributed by atoms with Gasteiger partial charge in [-0.1, -0.05) is 42.5 Å². The number of aromatic nitrogens is 2. The molecule has 0 unspecified atom stereocenters. The first-order valence-electron chi connectivity index (χ1n) is 6.31. The van der Waals surface area contributed by atoms with Crippen molar-refractivity contribution in [3.8, 4) is 0 Å². The summed E-state index contributed by atoms with van der Waals surface area (Å²) in [5.74, 6) is 0.713. The largest absolute Gasteiger partial charge is 0.383 e. The maximum absolute atomic E-state index is 6.25. The van der Waals surface area contributed by atoms with Crippen molar-refractivity contribution in [1.29, 1.82) is 0 Å². The van der Waals surface area contributed by atoms with Crippen LogP contribution >= 0.6 is 0 Å². The molecule has 0 aliphatic rings. The number of anilines is 1. The van der Waals surface area contributed by atoms with Crippen LogP contribution in [-0.4, -0.2) is 9.61 Å². The van der Waals surface area contributed by atoms with E-state index in [9.17, 15) is 0 Å². The number of nitrogens with two attached hydrogens (primary N) is 1. The monoisotopic (exact) mass is 247 g/mol. The normalized spacial score (nSPS) is 11.6. The molecule has 0 atom stereocenters. The molecule has 0 spiro atoms. The van der Waals surface area contributed by atoms with Gasteiger partial charge >= 0.3 is 0 Å². The molecule has 0 fully saturated rings. The van der Waals surface area contributed by atoms with Crippen LogP contribution in [0.25, 0.3) is 27.2 Å². The van der Waals surface area contributed by atoms with Crippen LogP contribution in [0, 0.1) is 6.92 Å². The molecule has 19 heavy (non-hydrogen) atoms. The molecule has 0 saturated heterocycles. The summed E-state index contributed by atoms with van der Waals surface area (Å²) >= 11 is 0. The fourth-order valence-corrected chi connectivity index (χ4v) is 2.78. The summed E-state index contributed by atoms with van der Waals surface area (Å²) in [6.45, 7) is 2.05. The summed E-state index contributed by atoms with van der Waals surface area (Å²) in [4.78, 5) is 0. The van der Waals surface area contributed by atoms with E-state index in [1.165, 1.54) is 10.8 Å². The third kappa shape index (κ3) is 1.24. The first-order chi connectivity index (χ1) is 9.27. The second kappa shape index (κ2) is 3.48. The van der Waals surface area contributed by atoms with Crippen molar-refractivity contribution in [3.05, 3.63) is 54.1 Å². The van der Waals surface area contributed by atoms with Crippen molar-refractivity contribution in [3.63, 3.8) is 0 Å². The lowest BCUT2D eigenvalue weighted by molar-refractivity contribution is 0.993. The summed E-state index contributed by atoms with van der Waals surface area (Å²) in [6, 6.07) is 16.5. The number of benzene rings is 2. The van der Waals surface area contributed by atoms with Crippen molar-refractivity contribution in [2.45, 2.75) is 6.92 Å². The van der Waals surface area contributed by atoms with Crippen LogP contribution in [0.15, 0.2) is 48.5 Å². The van der Waals surface area contributed by atoms with Gasteiger partial charge in [0.05, 0.1) is 11.0 Å². The molecule has 0 radical (unpaired) electrons. The van der Waals surface area contributed by atoms with Gasteiger partial charge in [0, 0.05) is 10.8 Å². The molecule has 0 bridgehead atoms. The molecule has 4 aromatic rings. The third-order valence-electron chi connectivity index (χ3n) is 3.78. The van der Waals surface area contributed by atoms with Gasteiger partial charge in [-0.15, -0.1) is 0 Å². The SMILES string of the molecule is Cc1c(N)n2nc3ccccc3c2c2ccccc12. The van der Waals surface area contributed by atoms with Crippen molar-refractivity contribution in [1.82, 2.24) is 9.61 Å². The number of rotatable bonds is 0. The van der Waals surface area contributed by atoms with Crippen molar-refractivity contribution < 1.29 is 0 Å². The zero-order valence-electron chi connectivity index (χ0n) is 10.6. The molecule has 2 N–H and O–H groups in total. The van der Waals surface area contributed by atoms with Crippen LogP contribution < -0.4 is 5.73 Å². The summed E-state index contributed by atoms with van der Waals surface area (Å²) in [5, 5.41) is 8.15. The van der Waals surface area contributed by atoms with E-state index in [-0.39, 0.29) is 0 Å². The minimum atomic E-state index is 0.713. The lowest BCUT2D eigenvalue weighted by atomic mass is 10.0. The zero-order valence-corrected chi connectivity index (χ0v) is 10.6. The highest BCUT2D eigenvalue weighted by Gasteiger charge is 2.13. The lowest BCUT2D eigenvalue weighted by Crippen LogP contribution is -2.02. The number of fused-ring (bicyclic) bond motifs is 5. The Hall–Kier alpha value is -2.55. The first-order valence-corrected chi connectivity index (χ1v) is 6.31. The minimum absolute atomic E-state index is 0.713. The Balaban J connectivity index is 2.43. The summed E-state index contributed by atoms with van der Waals surface area (Å²) in [6.07, 6.45) is 0. The molecule has 3 heteroatoms. The number of nitrogen functional groups attached to an aromatic ring is 1.